The Morgan fingerprint density at radius 1 is 1.27 bits per heavy atom. The molecule has 0 saturated carbocycles. The van der Waals surface area contributed by atoms with Crippen molar-refractivity contribution < 1.29 is 0 Å². The molecule has 0 heterocycles. The molecule has 0 atom stereocenters. The van der Waals surface area contributed by atoms with Gasteiger partial charge in [-0.3, -0.25) is 0 Å². The van der Waals surface area contributed by atoms with Gasteiger partial charge in [0.15, 0.2) is 0 Å². The van der Waals surface area contributed by atoms with Crippen LogP contribution in [0.25, 0.3) is 0 Å². The van der Waals surface area contributed by atoms with Crippen LogP contribution < -0.4 is 0 Å². The average molecular weight is 219 g/mol. The normalized spacial score (nSPS) is 12.6. The minimum Gasteiger partial charge on any atom is -0.0880 e. The molecule has 0 aliphatic carbocycles. The smallest absolute Gasteiger partial charge is 0.0241 e. The van der Waals surface area contributed by atoms with Gasteiger partial charge in [-0.2, -0.15) is 0 Å². The molecule has 0 nitrogen and oxygen atoms in total. The van der Waals surface area contributed by atoms with Crippen LogP contribution in [0.2, 0.25) is 0 Å². The van der Waals surface area contributed by atoms with Crippen LogP contribution in [0.15, 0.2) is 11.6 Å². The van der Waals surface area contributed by atoms with Crippen LogP contribution in [0.4, 0.5) is 0 Å². The van der Waals surface area contributed by atoms with E-state index >= 15 is 0 Å². The fourth-order valence-corrected chi connectivity index (χ4v) is 1.70. The lowest BCUT2D eigenvalue weighted by molar-refractivity contribution is 0.601. The number of alkyl halides is 1. The lowest BCUT2D eigenvalue weighted by atomic mass is 10.00. The molecule has 0 aromatic carbocycles. The number of allylic oxidation sites excluding steroid dienone is 2. The number of hydrogen-bond acceptors (Lipinski definition) is 0. The summed E-state index contributed by atoms with van der Waals surface area (Å²) in [4.78, 5) is 0. The monoisotopic (exact) mass is 218 g/mol. The van der Waals surface area contributed by atoms with E-state index in [2.05, 4.69) is 42.8 Å². The molecule has 0 N–H and O–H groups in total. The van der Waals surface area contributed by atoms with Crippen molar-refractivity contribution in [1.82, 2.24) is 0 Å². The first-order valence-electron chi connectivity index (χ1n) is 4.53. The summed E-state index contributed by atoms with van der Waals surface area (Å²) in [7, 11) is 0. The molecule has 0 aromatic rings. The fourth-order valence-electron chi connectivity index (χ4n) is 1.11. The molecular formula is C10H19Br. The van der Waals surface area contributed by atoms with Crippen molar-refractivity contribution in [1.29, 1.82) is 0 Å². The van der Waals surface area contributed by atoms with E-state index in [0.717, 1.165) is 11.2 Å². The van der Waals surface area contributed by atoms with Crippen molar-refractivity contribution in [3.8, 4) is 0 Å². The Hall–Kier alpha value is 0.220. The molecule has 0 spiro atoms. The van der Waals surface area contributed by atoms with E-state index < -0.39 is 0 Å². The third kappa shape index (κ3) is 4.62. The molecule has 0 bridgehead atoms. The van der Waals surface area contributed by atoms with E-state index in [9.17, 15) is 0 Å². The highest BCUT2D eigenvalue weighted by atomic mass is 79.9. The molecule has 11 heavy (non-hydrogen) atoms. The first-order valence-corrected chi connectivity index (χ1v) is 5.66. The molecule has 1 heteroatoms. The molecule has 0 unspecified atom stereocenters. The number of rotatable bonds is 5. The van der Waals surface area contributed by atoms with E-state index in [1.165, 1.54) is 19.3 Å². The average Bonchev–Trinajstić information content (AvgIpc) is 2.07. The van der Waals surface area contributed by atoms with Crippen LogP contribution in [-0.4, -0.2) is 5.33 Å². The van der Waals surface area contributed by atoms with Gasteiger partial charge in [0, 0.05) is 5.33 Å². The summed E-state index contributed by atoms with van der Waals surface area (Å²) in [6.07, 6.45) is 6.15. The molecule has 0 aliphatic heterocycles. The van der Waals surface area contributed by atoms with Crippen LogP contribution in [0.1, 0.15) is 40.0 Å². The summed E-state index contributed by atoms with van der Waals surface area (Å²) in [6, 6.07) is 0. The van der Waals surface area contributed by atoms with E-state index in [0.29, 0.717) is 0 Å². The highest BCUT2D eigenvalue weighted by molar-refractivity contribution is 9.09. The predicted molar refractivity (Wildman–Crippen MR) is 56.2 cm³/mol. The SMILES string of the molecule is CCC(=CC(CC)CC)CBr. The fraction of sp³-hybridized carbons (Fsp3) is 0.800. The van der Waals surface area contributed by atoms with Crippen molar-refractivity contribution in [2.24, 2.45) is 5.92 Å². The van der Waals surface area contributed by atoms with E-state index in [1.54, 1.807) is 5.57 Å². The van der Waals surface area contributed by atoms with Gasteiger partial charge in [0.1, 0.15) is 0 Å². The highest BCUT2D eigenvalue weighted by Crippen LogP contribution is 2.15. The van der Waals surface area contributed by atoms with Crippen molar-refractivity contribution >= 4 is 15.9 Å². The van der Waals surface area contributed by atoms with Gasteiger partial charge in [0.05, 0.1) is 0 Å². The summed E-state index contributed by atoms with van der Waals surface area (Å²) in [6.45, 7) is 6.73. The van der Waals surface area contributed by atoms with Crippen molar-refractivity contribution in [3.05, 3.63) is 11.6 Å². The minimum atomic E-state index is 0.794. The van der Waals surface area contributed by atoms with Gasteiger partial charge in [-0.05, 0) is 25.2 Å². The number of hydrogen-bond donors (Lipinski definition) is 0. The predicted octanol–water partition coefficient (Wildman–Crippen LogP) is 4.15. The molecule has 0 saturated heterocycles. The first-order chi connectivity index (χ1) is 5.28. The molecule has 0 amide bonds. The van der Waals surface area contributed by atoms with Gasteiger partial charge < -0.3 is 0 Å². The summed E-state index contributed by atoms with van der Waals surface area (Å²) < 4.78 is 0. The maximum atomic E-state index is 3.49. The lowest BCUT2D eigenvalue weighted by Crippen LogP contribution is -1.94. The van der Waals surface area contributed by atoms with Crippen LogP contribution in [0.5, 0.6) is 0 Å². The largest absolute Gasteiger partial charge is 0.0880 e. The Bertz CT molecular complexity index is 106. The Morgan fingerprint density at radius 3 is 2.09 bits per heavy atom. The molecule has 0 radical (unpaired) electrons. The van der Waals surface area contributed by atoms with Crippen LogP contribution in [-0.2, 0) is 0 Å². The lowest BCUT2D eigenvalue weighted by Gasteiger charge is -2.08. The van der Waals surface area contributed by atoms with Gasteiger partial charge in [0.25, 0.3) is 0 Å². The summed E-state index contributed by atoms with van der Waals surface area (Å²) >= 11 is 3.49. The number of halogens is 1. The first kappa shape index (κ1) is 11.2. The standard InChI is InChI=1S/C10H19Br/c1-4-9(5-2)7-10(6-3)8-11/h7,9H,4-6,8H2,1-3H3. The van der Waals surface area contributed by atoms with Gasteiger partial charge in [-0.15, -0.1) is 0 Å². The topological polar surface area (TPSA) is 0 Å². The van der Waals surface area contributed by atoms with Crippen LogP contribution in [0, 0.1) is 5.92 Å². The summed E-state index contributed by atoms with van der Waals surface area (Å²) in [5.41, 5.74) is 1.54. The Kier molecular flexibility index (Phi) is 7.04. The second-order valence-electron chi connectivity index (χ2n) is 2.89. The quantitative estimate of drug-likeness (QED) is 0.481. The van der Waals surface area contributed by atoms with E-state index in [-0.39, 0.29) is 0 Å². The van der Waals surface area contributed by atoms with E-state index in [1.807, 2.05) is 0 Å². The Labute approximate surface area is 79.2 Å². The zero-order valence-electron chi connectivity index (χ0n) is 7.86. The van der Waals surface area contributed by atoms with E-state index in [4.69, 9.17) is 0 Å². The molecule has 0 aromatic heterocycles. The Morgan fingerprint density at radius 2 is 1.82 bits per heavy atom. The van der Waals surface area contributed by atoms with Gasteiger partial charge in [0.2, 0.25) is 0 Å². The molecule has 0 rings (SSSR count). The summed E-state index contributed by atoms with van der Waals surface area (Å²) in [5, 5.41) is 1.04. The second-order valence-corrected chi connectivity index (χ2v) is 3.45. The Balaban J connectivity index is 3.98. The van der Waals surface area contributed by atoms with Crippen molar-refractivity contribution in [2.45, 2.75) is 40.0 Å². The molecule has 0 aliphatic rings. The zero-order valence-corrected chi connectivity index (χ0v) is 9.45. The minimum absolute atomic E-state index is 0.794. The van der Waals surface area contributed by atoms with Gasteiger partial charge in [-0.1, -0.05) is 48.4 Å². The molecule has 0 fully saturated rings. The molecule has 66 valence electrons. The molecular weight excluding hydrogens is 200 g/mol. The van der Waals surface area contributed by atoms with Crippen LogP contribution >= 0.6 is 15.9 Å². The third-order valence-electron chi connectivity index (χ3n) is 2.15. The summed E-state index contributed by atoms with van der Waals surface area (Å²) in [5.74, 6) is 0.794. The van der Waals surface area contributed by atoms with Crippen LogP contribution in [0.3, 0.4) is 0 Å². The van der Waals surface area contributed by atoms with Crippen molar-refractivity contribution in [3.63, 3.8) is 0 Å². The van der Waals surface area contributed by atoms with Gasteiger partial charge in [-0.25, -0.2) is 0 Å². The van der Waals surface area contributed by atoms with Gasteiger partial charge >= 0.3 is 0 Å². The third-order valence-corrected chi connectivity index (χ3v) is 2.87. The maximum Gasteiger partial charge on any atom is 0.0241 e. The second kappa shape index (κ2) is 6.90. The van der Waals surface area contributed by atoms with Crippen molar-refractivity contribution in [2.75, 3.05) is 5.33 Å². The highest BCUT2D eigenvalue weighted by Gasteiger charge is 1.99. The maximum absolute atomic E-state index is 3.49. The zero-order chi connectivity index (χ0) is 8.69.